The van der Waals surface area contributed by atoms with Crippen LogP contribution < -0.4 is 15.8 Å². The molecule has 0 fully saturated rings. The highest BCUT2D eigenvalue weighted by atomic mass is 16.5. The van der Waals surface area contributed by atoms with E-state index in [0.29, 0.717) is 5.82 Å². The first-order chi connectivity index (χ1) is 9.74. The normalized spacial score (nSPS) is 10.3. The summed E-state index contributed by atoms with van der Waals surface area (Å²) < 4.78 is 5.55. The molecule has 5 nitrogen and oxygen atoms in total. The number of nitrogens with zero attached hydrogens (tertiary/aromatic N) is 2. The van der Waals surface area contributed by atoms with Gasteiger partial charge in [0.2, 0.25) is 0 Å². The third-order valence-corrected chi connectivity index (χ3v) is 2.92. The number of anilines is 3. The molecule has 0 aliphatic heterocycles. The fourth-order valence-electron chi connectivity index (χ4n) is 1.87. The van der Waals surface area contributed by atoms with Crippen molar-refractivity contribution in [1.82, 2.24) is 9.97 Å². The molecule has 2 rings (SSSR count). The molecule has 0 unspecified atom stereocenters. The molecule has 3 N–H and O–H groups in total. The van der Waals surface area contributed by atoms with Crippen molar-refractivity contribution in [3.05, 3.63) is 36.2 Å². The second kappa shape index (κ2) is 6.75. The highest BCUT2D eigenvalue weighted by Gasteiger charge is 2.07. The third kappa shape index (κ3) is 3.38. The van der Waals surface area contributed by atoms with Gasteiger partial charge < -0.3 is 15.8 Å². The fraction of sp³-hybridized carbons (Fsp3) is 0.333. The summed E-state index contributed by atoms with van der Waals surface area (Å²) in [5.41, 5.74) is 7.73. The fourth-order valence-corrected chi connectivity index (χ4v) is 1.87. The van der Waals surface area contributed by atoms with Gasteiger partial charge in [-0.25, -0.2) is 9.97 Å². The van der Waals surface area contributed by atoms with Gasteiger partial charge >= 0.3 is 0 Å². The zero-order valence-electron chi connectivity index (χ0n) is 11.9. The Morgan fingerprint density at radius 1 is 1.15 bits per heavy atom. The Balaban J connectivity index is 2.12. The number of nitrogen functional groups attached to an aromatic ring is 1. The minimum Gasteiger partial charge on any atom is -0.494 e. The number of nitrogens with one attached hydrogen (secondary N) is 1. The molecule has 0 bridgehead atoms. The monoisotopic (exact) mass is 272 g/mol. The highest BCUT2D eigenvalue weighted by molar-refractivity contribution is 5.64. The van der Waals surface area contributed by atoms with Gasteiger partial charge in [-0.05, 0) is 37.1 Å². The van der Waals surface area contributed by atoms with Crippen LogP contribution in [0.25, 0.3) is 0 Å². The Morgan fingerprint density at radius 2 is 1.90 bits per heavy atom. The summed E-state index contributed by atoms with van der Waals surface area (Å²) in [4.78, 5) is 8.25. The van der Waals surface area contributed by atoms with Gasteiger partial charge in [0.05, 0.1) is 6.61 Å². The molecule has 0 aliphatic carbocycles. The van der Waals surface area contributed by atoms with Crippen molar-refractivity contribution in [3.63, 3.8) is 0 Å². The van der Waals surface area contributed by atoms with Gasteiger partial charge in [-0.15, -0.1) is 0 Å². The van der Waals surface area contributed by atoms with E-state index in [1.807, 2.05) is 31.2 Å². The topological polar surface area (TPSA) is 73.1 Å². The first-order valence-corrected chi connectivity index (χ1v) is 6.83. The van der Waals surface area contributed by atoms with Crippen LogP contribution >= 0.6 is 0 Å². The van der Waals surface area contributed by atoms with E-state index in [4.69, 9.17) is 10.5 Å². The van der Waals surface area contributed by atoms with Crippen LogP contribution in [0.5, 0.6) is 5.75 Å². The molecule has 2 aromatic rings. The minimum atomic E-state index is 0.521. The Kier molecular flexibility index (Phi) is 4.76. The molecule has 1 aromatic heterocycles. The molecule has 1 aromatic carbocycles. The van der Waals surface area contributed by atoms with E-state index in [-0.39, 0.29) is 0 Å². The van der Waals surface area contributed by atoms with E-state index in [1.165, 1.54) is 6.33 Å². The van der Waals surface area contributed by atoms with Crippen LogP contribution in [0.15, 0.2) is 30.6 Å². The maximum atomic E-state index is 5.85. The Bertz CT molecular complexity index is 554. The van der Waals surface area contributed by atoms with Gasteiger partial charge in [0.1, 0.15) is 23.7 Å². The molecule has 0 saturated heterocycles. The van der Waals surface area contributed by atoms with Crippen LogP contribution in [0, 0.1) is 0 Å². The Morgan fingerprint density at radius 3 is 2.55 bits per heavy atom. The Labute approximate surface area is 119 Å². The van der Waals surface area contributed by atoms with Gasteiger partial charge in [0.25, 0.3) is 0 Å². The predicted octanol–water partition coefficient (Wildman–Crippen LogP) is 3.15. The van der Waals surface area contributed by atoms with Crippen molar-refractivity contribution in [2.24, 2.45) is 0 Å². The van der Waals surface area contributed by atoms with Crippen molar-refractivity contribution < 1.29 is 4.74 Å². The lowest BCUT2D eigenvalue weighted by molar-refractivity contribution is 0.317. The molecule has 5 heteroatoms. The number of nitrogens with two attached hydrogens (primary N) is 1. The zero-order chi connectivity index (χ0) is 14.4. The molecule has 106 valence electrons. The molecule has 0 saturated carbocycles. The van der Waals surface area contributed by atoms with Crippen LogP contribution in [0.2, 0.25) is 0 Å². The molecule has 0 radical (unpaired) electrons. The van der Waals surface area contributed by atoms with Crippen LogP contribution in [-0.2, 0) is 6.42 Å². The second-order valence-electron chi connectivity index (χ2n) is 4.44. The van der Waals surface area contributed by atoms with Gasteiger partial charge in [0.15, 0.2) is 0 Å². The van der Waals surface area contributed by atoms with E-state index in [1.54, 1.807) is 0 Å². The van der Waals surface area contributed by atoms with Crippen molar-refractivity contribution in [1.29, 1.82) is 0 Å². The summed E-state index contributed by atoms with van der Waals surface area (Å²) in [7, 11) is 0. The molecule has 0 aliphatic rings. The lowest BCUT2D eigenvalue weighted by atomic mass is 10.2. The van der Waals surface area contributed by atoms with E-state index >= 15 is 0 Å². The van der Waals surface area contributed by atoms with Crippen LogP contribution in [-0.4, -0.2) is 16.6 Å². The van der Waals surface area contributed by atoms with Crippen LogP contribution in [0.4, 0.5) is 17.3 Å². The largest absolute Gasteiger partial charge is 0.494 e. The maximum absolute atomic E-state index is 5.85. The van der Waals surface area contributed by atoms with E-state index in [2.05, 4.69) is 22.2 Å². The summed E-state index contributed by atoms with van der Waals surface area (Å²) in [5.74, 6) is 2.14. The standard InChI is InChI=1S/C15H20N4O/c1-3-9-20-12-7-5-11(6-8-12)19-15-13(4-2)14(16)17-10-18-15/h5-8,10H,3-4,9H2,1-2H3,(H3,16,17,18,19). The average Bonchev–Trinajstić information content (AvgIpc) is 2.47. The number of hydrogen-bond donors (Lipinski definition) is 2. The minimum absolute atomic E-state index is 0.521. The van der Waals surface area contributed by atoms with Gasteiger partial charge in [-0.1, -0.05) is 13.8 Å². The summed E-state index contributed by atoms with van der Waals surface area (Å²) in [5, 5.41) is 3.26. The summed E-state index contributed by atoms with van der Waals surface area (Å²) >= 11 is 0. The molecule has 0 amide bonds. The van der Waals surface area contributed by atoms with Crippen molar-refractivity contribution >= 4 is 17.3 Å². The lowest BCUT2D eigenvalue weighted by Gasteiger charge is -2.11. The number of benzene rings is 1. The highest BCUT2D eigenvalue weighted by Crippen LogP contribution is 2.23. The molecule has 20 heavy (non-hydrogen) atoms. The number of hydrogen-bond acceptors (Lipinski definition) is 5. The SMILES string of the molecule is CCCOc1ccc(Nc2ncnc(N)c2CC)cc1. The summed E-state index contributed by atoms with van der Waals surface area (Å²) in [6.45, 7) is 4.85. The smallest absolute Gasteiger partial charge is 0.139 e. The lowest BCUT2D eigenvalue weighted by Crippen LogP contribution is -2.04. The van der Waals surface area contributed by atoms with Crippen molar-refractivity contribution in [2.45, 2.75) is 26.7 Å². The Hall–Kier alpha value is -2.30. The van der Waals surface area contributed by atoms with Crippen molar-refractivity contribution in [2.75, 3.05) is 17.7 Å². The van der Waals surface area contributed by atoms with Crippen LogP contribution in [0.3, 0.4) is 0 Å². The number of rotatable bonds is 6. The molecular weight excluding hydrogens is 252 g/mol. The quantitative estimate of drug-likeness (QED) is 0.845. The van der Waals surface area contributed by atoms with E-state index in [9.17, 15) is 0 Å². The summed E-state index contributed by atoms with van der Waals surface area (Å²) in [6.07, 6.45) is 3.25. The van der Waals surface area contributed by atoms with Crippen LogP contribution in [0.1, 0.15) is 25.8 Å². The van der Waals surface area contributed by atoms with Crippen molar-refractivity contribution in [3.8, 4) is 5.75 Å². The second-order valence-corrected chi connectivity index (χ2v) is 4.44. The maximum Gasteiger partial charge on any atom is 0.139 e. The molecular formula is C15H20N4O. The first-order valence-electron chi connectivity index (χ1n) is 6.83. The predicted molar refractivity (Wildman–Crippen MR) is 81.3 cm³/mol. The number of ether oxygens (including phenoxy) is 1. The summed E-state index contributed by atoms with van der Waals surface area (Å²) in [6, 6.07) is 7.80. The van der Waals surface area contributed by atoms with Gasteiger partial charge in [-0.2, -0.15) is 0 Å². The average molecular weight is 272 g/mol. The number of aromatic nitrogens is 2. The van der Waals surface area contributed by atoms with E-state index < -0.39 is 0 Å². The van der Waals surface area contributed by atoms with E-state index in [0.717, 1.165) is 42.3 Å². The van der Waals surface area contributed by atoms with Gasteiger partial charge in [0, 0.05) is 11.3 Å². The third-order valence-electron chi connectivity index (χ3n) is 2.92. The molecule has 1 heterocycles. The molecule has 0 atom stereocenters. The molecule has 0 spiro atoms. The first kappa shape index (κ1) is 14.1. The van der Waals surface area contributed by atoms with Gasteiger partial charge in [-0.3, -0.25) is 0 Å². The zero-order valence-corrected chi connectivity index (χ0v) is 11.9.